The van der Waals surface area contributed by atoms with Gasteiger partial charge in [-0.3, -0.25) is 4.98 Å². The van der Waals surface area contributed by atoms with Crippen LogP contribution in [0.15, 0.2) is 16.9 Å². The summed E-state index contributed by atoms with van der Waals surface area (Å²) in [4.78, 5) is 4.60. The lowest BCUT2D eigenvalue weighted by Crippen LogP contribution is -2.42. The molecule has 1 aromatic heterocycles. The van der Waals surface area contributed by atoms with Gasteiger partial charge >= 0.3 is 6.18 Å². The predicted molar refractivity (Wildman–Crippen MR) is 56.8 cm³/mol. The van der Waals surface area contributed by atoms with E-state index in [9.17, 15) is 13.2 Å². The van der Waals surface area contributed by atoms with Gasteiger partial charge in [0.25, 0.3) is 0 Å². The summed E-state index contributed by atoms with van der Waals surface area (Å²) >= 11 is 1.33. The quantitative estimate of drug-likeness (QED) is 0.324. The molecule has 0 aliphatic rings. The molecule has 0 saturated heterocycles. The minimum atomic E-state index is -4.54. The molecule has 4 N–H and O–H groups in total. The molecule has 1 unspecified atom stereocenters. The number of rotatable bonds is 5. The molecule has 0 spiro atoms. The molecular weight excluding hydrogens is 257 g/mol. The molecule has 1 heterocycles. The van der Waals surface area contributed by atoms with Gasteiger partial charge in [-0.1, -0.05) is 5.16 Å². The molecule has 0 aliphatic heterocycles. The fourth-order valence-corrected chi connectivity index (χ4v) is 1.69. The third kappa shape index (κ3) is 4.19. The van der Waals surface area contributed by atoms with Crippen LogP contribution in [0.5, 0.6) is 0 Å². The normalized spacial score (nSPS) is 14.9. The Morgan fingerprint density at radius 1 is 1.65 bits per heavy atom. The predicted octanol–water partition coefficient (Wildman–Crippen LogP) is 1.16. The second-order valence-corrected chi connectivity index (χ2v) is 4.19. The maximum absolute atomic E-state index is 12.5. The highest BCUT2D eigenvalue weighted by atomic mass is 32.1. The Kier molecular flexibility index (Phi) is 4.70. The maximum atomic E-state index is 12.5. The summed E-state index contributed by atoms with van der Waals surface area (Å²) in [6.45, 7) is -0.187. The fourth-order valence-electron chi connectivity index (χ4n) is 1.13. The zero-order valence-electron chi connectivity index (χ0n) is 8.61. The Labute approximate surface area is 99.1 Å². The summed E-state index contributed by atoms with van der Waals surface area (Å²) in [5.41, 5.74) is 6.58. The number of hydrogen-bond acceptors (Lipinski definition) is 5. The molecule has 0 aromatic carbocycles. The highest BCUT2D eigenvalue weighted by Crippen LogP contribution is 2.25. The van der Waals surface area contributed by atoms with Crippen LogP contribution in [0.1, 0.15) is 4.88 Å². The summed E-state index contributed by atoms with van der Waals surface area (Å²) in [5, 5.41) is 13.3. The standard InChI is InChI=1S/C8H11F3N4OS/c9-8(10,11)6(7(12)15-16)3-13-1-5-2-14-4-17-5/h2,4,6,13,16H,1,3H2,(H2,12,15). The fraction of sp³-hybridized carbons (Fsp3) is 0.500. The molecule has 5 nitrogen and oxygen atoms in total. The van der Waals surface area contributed by atoms with Gasteiger partial charge < -0.3 is 16.3 Å². The van der Waals surface area contributed by atoms with E-state index in [4.69, 9.17) is 10.9 Å². The first-order valence-corrected chi connectivity index (χ1v) is 5.45. The molecule has 0 saturated carbocycles. The van der Waals surface area contributed by atoms with Gasteiger partial charge in [-0.15, -0.1) is 11.3 Å². The van der Waals surface area contributed by atoms with Crippen LogP contribution < -0.4 is 11.1 Å². The molecule has 1 aromatic rings. The van der Waals surface area contributed by atoms with Crippen molar-refractivity contribution >= 4 is 17.2 Å². The number of alkyl halides is 3. The van der Waals surface area contributed by atoms with Crippen LogP contribution >= 0.6 is 11.3 Å². The van der Waals surface area contributed by atoms with Gasteiger partial charge in [0.05, 0.1) is 5.51 Å². The van der Waals surface area contributed by atoms with E-state index in [0.717, 1.165) is 4.88 Å². The van der Waals surface area contributed by atoms with Gasteiger partial charge in [-0.2, -0.15) is 13.2 Å². The third-order valence-electron chi connectivity index (χ3n) is 2.00. The molecule has 0 fully saturated rings. The van der Waals surface area contributed by atoms with Crippen molar-refractivity contribution in [2.24, 2.45) is 16.8 Å². The molecule has 96 valence electrons. The van der Waals surface area contributed by atoms with E-state index in [1.165, 1.54) is 11.3 Å². The number of amidine groups is 1. The van der Waals surface area contributed by atoms with Crippen molar-refractivity contribution in [1.29, 1.82) is 0 Å². The number of nitrogens with two attached hydrogens (primary N) is 1. The number of hydrogen-bond donors (Lipinski definition) is 3. The number of nitrogens with one attached hydrogen (secondary N) is 1. The molecule has 0 aliphatic carbocycles. The van der Waals surface area contributed by atoms with E-state index in [-0.39, 0.29) is 6.54 Å². The number of halogens is 3. The number of nitrogens with zero attached hydrogens (tertiary/aromatic N) is 2. The van der Waals surface area contributed by atoms with E-state index in [0.29, 0.717) is 0 Å². The van der Waals surface area contributed by atoms with Crippen molar-refractivity contribution in [2.75, 3.05) is 6.54 Å². The van der Waals surface area contributed by atoms with E-state index < -0.39 is 24.5 Å². The molecule has 0 bridgehead atoms. The number of thiazole rings is 1. The van der Waals surface area contributed by atoms with Gasteiger partial charge in [0, 0.05) is 24.2 Å². The highest BCUT2D eigenvalue weighted by molar-refractivity contribution is 7.09. The van der Waals surface area contributed by atoms with Crippen molar-refractivity contribution in [3.63, 3.8) is 0 Å². The smallest absolute Gasteiger partial charge is 0.400 e. The first kappa shape index (κ1) is 13.7. The summed E-state index contributed by atoms with van der Waals surface area (Å²) in [6.07, 6.45) is -2.99. The monoisotopic (exact) mass is 268 g/mol. The third-order valence-corrected chi connectivity index (χ3v) is 2.78. The van der Waals surface area contributed by atoms with E-state index >= 15 is 0 Å². The van der Waals surface area contributed by atoms with Crippen LogP contribution in [0.25, 0.3) is 0 Å². The van der Waals surface area contributed by atoms with Crippen LogP contribution in [0, 0.1) is 5.92 Å². The number of aromatic nitrogens is 1. The zero-order valence-corrected chi connectivity index (χ0v) is 9.42. The van der Waals surface area contributed by atoms with Crippen molar-refractivity contribution in [2.45, 2.75) is 12.7 Å². The van der Waals surface area contributed by atoms with Crippen molar-refractivity contribution in [3.05, 3.63) is 16.6 Å². The van der Waals surface area contributed by atoms with Gasteiger partial charge in [-0.25, -0.2) is 0 Å². The van der Waals surface area contributed by atoms with Gasteiger partial charge in [0.1, 0.15) is 5.92 Å². The van der Waals surface area contributed by atoms with Crippen molar-refractivity contribution < 1.29 is 18.4 Å². The second-order valence-electron chi connectivity index (χ2n) is 3.22. The molecular formula is C8H11F3N4OS. The summed E-state index contributed by atoms with van der Waals surface area (Å²) in [5.74, 6) is -2.85. The summed E-state index contributed by atoms with van der Waals surface area (Å²) < 4.78 is 37.5. The largest absolute Gasteiger partial charge is 0.409 e. The van der Waals surface area contributed by atoms with Gasteiger partial charge in [0.15, 0.2) is 5.84 Å². The molecule has 1 atom stereocenters. The lowest BCUT2D eigenvalue weighted by atomic mass is 10.1. The number of oxime groups is 1. The minimum absolute atomic E-state index is 0.260. The van der Waals surface area contributed by atoms with E-state index in [2.05, 4.69) is 15.5 Å². The Hall–Kier alpha value is -1.35. The minimum Gasteiger partial charge on any atom is -0.409 e. The Morgan fingerprint density at radius 2 is 2.35 bits per heavy atom. The lowest BCUT2D eigenvalue weighted by Gasteiger charge is -2.18. The topological polar surface area (TPSA) is 83.5 Å². The van der Waals surface area contributed by atoms with E-state index in [1.807, 2.05) is 0 Å². The van der Waals surface area contributed by atoms with Crippen LogP contribution in [0.2, 0.25) is 0 Å². The lowest BCUT2D eigenvalue weighted by molar-refractivity contribution is -0.154. The van der Waals surface area contributed by atoms with Gasteiger partial charge in [-0.05, 0) is 0 Å². The van der Waals surface area contributed by atoms with Gasteiger partial charge in [0.2, 0.25) is 0 Å². The highest BCUT2D eigenvalue weighted by Gasteiger charge is 2.42. The van der Waals surface area contributed by atoms with Crippen LogP contribution in [-0.2, 0) is 6.54 Å². The zero-order chi connectivity index (χ0) is 12.9. The molecule has 17 heavy (non-hydrogen) atoms. The molecule has 9 heteroatoms. The Balaban J connectivity index is 2.51. The molecule has 0 radical (unpaired) electrons. The van der Waals surface area contributed by atoms with Crippen LogP contribution in [-0.4, -0.2) is 28.7 Å². The van der Waals surface area contributed by atoms with Crippen molar-refractivity contribution in [3.8, 4) is 0 Å². The Bertz CT molecular complexity index is 365. The van der Waals surface area contributed by atoms with Crippen LogP contribution in [0.4, 0.5) is 13.2 Å². The van der Waals surface area contributed by atoms with Crippen molar-refractivity contribution in [1.82, 2.24) is 10.3 Å². The van der Waals surface area contributed by atoms with Crippen LogP contribution in [0.3, 0.4) is 0 Å². The average molecular weight is 268 g/mol. The SMILES string of the molecule is NC(=NO)C(CNCc1cncs1)C(F)(F)F. The summed E-state index contributed by atoms with van der Waals surface area (Å²) in [7, 11) is 0. The second kappa shape index (κ2) is 5.82. The van der Waals surface area contributed by atoms with E-state index in [1.54, 1.807) is 11.7 Å². The average Bonchev–Trinajstić information content (AvgIpc) is 2.74. The molecule has 1 rings (SSSR count). The first-order valence-electron chi connectivity index (χ1n) is 4.57. The Morgan fingerprint density at radius 3 is 2.82 bits per heavy atom. The summed E-state index contributed by atoms with van der Waals surface area (Å²) in [6, 6.07) is 0. The maximum Gasteiger partial charge on any atom is 0.400 e. The first-order chi connectivity index (χ1) is 7.95. The molecule has 0 amide bonds.